The van der Waals surface area contributed by atoms with Crippen molar-refractivity contribution in [2.75, 3.05) is 25.0 Å². The molecule has 2 atom stereocenters. The zero-order valence-electron chi connectivity index (χ0n) is 16.5. The van der Waals surface area contributed by atoms with Crippen LogP contribution in [0.4, 0.5) is 5.82 Å². The maximum absolute atomic E-state index is 13.1. The molecule has 148 valence electrons. The third-order valence-electron chi connectivity index (χ3n) is 5.48. The van der Waals surface area contributed by atoms with Crippen molar-refractivity contribution in [2.45, 2.75) is 39.5 Å². The van der Waals surface area contributed by atoms with Crippen LogP contribution in [0.1, 0.15) is 26.6 Å². The van der Waals surface area contributed by atoms with Crippen LogP contribution in [-0.2, 0) is 16.1 Å². The Morgan fingerprint density at radius 2 is 1.96 bits per heavy atom. The Balaban J connectivity index is 1.77. The first-order chi connectivity index (χ1) is 13.4. The topological polar surface area (TPSA) is 90.5 Å². The van der Waals surface area contributed by atoms with Crippen LogP contribution in [0.2, 0.25) is 0 Å². The summed E-state index contributed by atoms with van der Waals surface area (Å²) >= 11 is 0. The average molecular weight is 382 g/mol. The van der Waals surface area contributed by atoms with Crippen LogP contribution in [0.3, 0.4) is 0 Å². The van der Waals surface area contributed by atoms with Crippen molar-refractivity contribution in [3.63, 3.8) is 0 Å². The quantitative estimate of drug-likeness (QED) is 0.770. The first-order valence-corrected chi connectivity index (χ1v) is 9.74. The lowest BCUT2D eigenvalue weighted by molar-refractivity contribution is -0.135. The number of nitrogens with zero attached hydrogens (tertiary/aromatic N) is 4. The smallest absolute Gasteiger partial charge is 0.244 e. The molecule has 2 bridgehead atoms. The average Bonchev–Trinajstić information content (AvgIpc) is 2.66. The van der Waals surface area contributed by atoms with Gasteiger partial charge < -0.3 is 15.5 Å². The van der Waals surface area contributed by atoms with Gasteiger partial charge in [-0.25, -0.2) is 9.97 Å². The van der Waals surface area contributed by atoms with Gasteiger partial charge in [-0.15, -0.1) is 0 Å². The Bertz CT molecular complexity index is 915. The fourth-order valence-electron chi connectivity index (χ4n) is 3.86. The number of para-hydroxylation sites is 1. The largest absolute Gasteiger partial charge is 0.358 e. The van der Waals surface area contributed by atoms with Gasteiger partial charge in [0.05, 0.1) is 18.6 Å². The number of hydrogen-bond donors (Lipinski definition) is 2. The van der Waals surface area contributed by atoms with E-state index in [9.17, 15) is 9.59 Å². The van der Waals surface area contributed by atoms with Gasteiger partial charge in [-0.05, 0) is 18.1 Å². The normalized spacial score (nSPS) is 23.1. The number of amides is 2. The van der Waals surface area contributed by atoms with Crippen molar-refractivity contribution in [3.8, 4) is 0 Å². The van der Waals surface area contributed by atoms with E-state index in [0.29, 0.717) is 37.8 Å². The van der Waals surface area contributed by atoms with E-state index in [1.165, 1.54) is 0 Å². The molecule has 8 nitrogen and oxygen atoms in total. The van der Waals surface area contributed by atoms with Gasteiger partial charge in [0.2, 0.25) is 11.8 Å². The third-order valence-corrected chi connectivity index (χ3v) is 5.48. The second-order valence-corrected chi connectivity index (χ2v) is 7.83. The Kier molecular flexibility index (Phi) is 4.89. The van der Waals surface area contributed by atoms with Gasteiger partial charge in [0.15, 0.2) is 0 Å². The number of nitrogens with one attached hydrogen (secondary N) is 2. The molecule has 1 aromatic heterocycles. The van der Waals surface area contributed by atoms with E-state index in [1.807, 2.05) is 38.1 Å². The Labute approximate surface area is 164 Å². The Hall–Kier alpha value is -2.74. The molecule has 2 amide bonds. The van der Waals surface area contributed by atoms with Gasteiger partial charge in [0.1, 0.15) is 23.8 Å². The maximum atomic E-state index is 13.1. The van der Waals surface area contributed by atoms with E-state index in [1.54, 1.807) is 11.8 Å². The number of hydrogen-bond acceptors (Lipinski definition) is 6. The van der Waals surface area contributed by atoms with Crippen molar-refractivity contribution in [1.82, 2.24) is 25.1 Å². The van der Waals surface area contributed by atoms with E-state index < -0.39 is 6.04 Å². The predicted octanol–water partition coefficient (Wildman–Crippen LogP) is 1.19. The zero-order chi connectivity index (χ0) is 19.8. The van der Waals surface area contributed by atoms with Gasteiger partial charge >= 0.3 is 0 Å². The maximum Gasteiger partial charge on any atom is 0.244 e. The summed E-state index contributed by atoms with van der Waals surface area (Å²) in [6.45, 7) is 7.86. The summed E-state index contributed by atoms with van der Waals surface area (Å²) in [6.07, 6.45) is -0.259. The molecule has 3 heterocycles. The van der Waals surface area contributed by atoms with Crippen molar-refractivity contribution < 1.29 is 9.59 Å². The summed E-state index contributed by atoms with van der Waals surface area (Å²) < 4.78 is 0. The summed E-state index contributed by atoms with van der Waals surface area (Å²) in [7, 11) is 0. The minimum absolute atomic E-state index is 0.0220. The van der Waals surface area contributed by atoms with Crippen LogP contribution in [0.5, 0.6) is 0 Å². The van der Waals surface area contributed by atoms with Crippen LogP contribution in [-0.4, -0.2) is 63.4 Å². The Morgan fingerprint density at radius 3 is 2.71 bits per heavy atom. The van der Waals surface area contributed by atoms with Gasteiger partial charge in [-0.2, -0.15) is 0 Å². The monoisotopic (exact) mass is 382 g/mol. The molecule has 28 heavy (non-hydrogen) atoms. The fraction of sp³-hybridized carbons (Fsp3) is 0.500. The molecule has 2 aliphatic heterocycles. The highest BCUT2D eigenvalue weighted by molar-refractivity contribution is 5.92. The number of carbonyl (C=O) groups excluding carboxylic acids is 2. The molecule has 0 radical (unpaired) electrons. The van der Waals surface area contributed by atoms with Crippen molar-refractivity contribution >= 4 is 28.5 Å². The lowest BCUT2D eigenvalue weighted by Gasteiger charge is -2.42. The number of rotatable bonds is 1. The molecule has 1 saturated heterocycles. The number of aromatic nitrogens is 2. The third kappa shape index (κ3) is 3.52. The van der Waals surface area contributed by atoms with E-state index in [0.717, 1.165) is 10.9 Å². The van der Waals surface area contributed by atoms with Crippen molar-refractivity contribution in [1.29, 1.82) is 0 Å². The number of fused-ring (bicyclic) bond motifs is 5. The highest BCUT2D eigenvalue weighted by Gasteiger charge is 2.34. The van der Waals surface area contributed by atoms with Crippen LogP contribution in [0.25, 0.3) is 10.9 Å². The van der Waals surface area contributed by atoms with E-state index >= 15 is 0 Å². The van der Waals surface area contributed by atoms with Crippen LogP contribution in [0, 0.1) is 5.92 Å². The minimum atomic E-state index is -0.432. The Morgan fingerprint density at radius 1 is 1.18 bits per heavy atom. The van der Waals surface area contributed by atoms with Crippen LogP contribution in [0.15, 0.2) is 24.3 Å². The molecule has 1 fully saturated rings. The standard InChI is InChI=1S/C20H26N6O2/c1-12(2)18-20(28)23-17-11-25(13(3)27)8-9-26(17)10-16-21-15-7-5-4-6-14(15)19(22-16)24-18/h4-7,12,17-18H,8-11H2,1-3H3,(H,23,28)(H,21,22,24)/t17?,18-/m0/s1. The predicted molar refractivity (Wildman–Crippen MR) is 106 cm³/mol. The highest BCUT2D eigenvalue weighted by Crippen LogP contribution is 2.24. The number of piperazine rings is 1. The second kappa shape index (κ2) is 7.35. The lowest BCUT2D eigenvalue weighted by Crippen LogP contribution is -2.62. The van der Waals surface area contributed by atoms with Crippen molar-refractivity contribution in [2.24, 2.45) is 5.92 Å². The van der Waals surface area contributed by atoms with Crippen LogP contribution < -0.4 is 10.6 Å². The molecule has 0 aliphatic carbocycles. The van der Waals surface area contributed by atoms with Crippen LogP contribution >= 0.6 is 0 Å². The molecule has 0 saturated carbocycles. The summed E-state index contributed by atoms with van der Waals surface area (Å²) in [4.78, 5) is 38.3. The van der Waals surface area contributed by atoms with E-state index in [4.69, 9.17) is 9.97 Å². The molecule has 2 aromatic rings. The second-order valence-electron chi connectivity index (χ2n) is 7.83. The van der Waals surface area contributed by atoms with Gasteiger partial charge in [0.25, 0.3) is 0 Å². The molecule has 4 rings (SSSR count). The SMILES string of the molecule is CC(=O)N1CCN2Cc3nc(c4ccccc4n3)N[C@@H](C(C)C)C(=O)NC2C1. The summed E-state index contributed by atoms with van der Waals surface area (Å²) in [6, 6.07) is 7.41. The highest BCUT2D eigenvalue weighted by atomic mass is 16.2. The molecule has 2 N–H and O–H groups in total. The summed E-state index contributed by atoms with van der Waals surface area (Å²) in [5, 5.41) is 7.39. The van der Waals surface area contributed by atoms with Crippen molar-refractivity contribution in [3.05, 3.63) is 30.1 Å². The lowest BCUT2D eigenvalue weighted by atomic mass is 10.0. The van der Waals surface area contributed by atoms with Gasteiger partial charge in [-0.1, -0.05) is 26.0 Å². The summed E-state index contributed by atoms with van der Waals surface area (Å²) in [5.74, 6) is 1.41. The minimum Gasteiger partial charge on any atom is -0.358 e. The molecular formula is C20H26N6O2. The molecule has 1 unspecified atom stereocenters. The van der Waals surface area contributed by atoms with Gasteiger partial charge in [0, 0.05) is 25.4 Å². The molecule has 1 aromatic carbocycles. The zero-order valence-corrected chi connectivity index (χ0v) is 16.5. The summed E-state index contributed by atoms with van der Waals surface area (Å²) in [5.41, 5.74) is 0.859. The first-order valence-electron chi connectivity index (χ1n) is 9.74. The molecule has 2 aliphatic rings. The first kappa shape index (κ1) is 18.6. The molecule has 0 spiro atoms. The van der Waals surface area contributed by atoms with E-state index in [-0.39, 0.29) is 23.9 Å². The number of carbonyl (C=O) groups is 2. The number of anilines is 1. The molecule has 8 heteroatoms. The van der Waals surface area contributed by atoms with E-state index in [2.05, 4.69) is 15.5 Å². The van der Waals surface area contributed by atoms with Gasteiger partial charge in [-0.3, -0.25) is 14.5 Å². The fourth-order valence-corrected chi connectivity index (χ4v) is 3.86. The number of benzene rings is 1. The molecular weight excluding hydrogens is 356 g/mol.